The molecule has 1 aromatic rings. The maximum Gasteiger partial charge on any atom is 0.161 e. The Kier molecular flexibility index (Phi) is 6.59. The van der Waals surface area contributed by atoms with E-state index in [1.165, 1.54) is 5.56 Å². The van der Waals surface area contributed by atoms with E-state index in [1.54, 1.807) is 0 Å². The summed E-state index contributed by atoms with van der Waals surface area (Å²) in [6.07, 6.45) is 2.68. The summed E-state index contributed by atoms with van der Waals surface area (Å²) in [6, 6.07) is 6.10. The molecule has 0 aliphatic carbocycles. The number of nitrogens with one attached hydrogen (secondary N) is 1. The van der Waals surface area contributed by atoms with Crippen LogP contribution in [0.2, 0.25) is 0 Å². The molecule has 0 fully saturated rings. The van der Waals surface area contributed by atoms with Gasteiger partial charge in [0.1, 0.15) is 0 Å². The minimum absolute atomic E-state index is 0.102. The number of hydrogen-bond acceptors (Lipinski definition) is 3. The number of benzene rings is 1. The van der Waals surface area contributed by atoms with Gasteiger partial charge in [-0.1, -0.05) is 12.1 Å². The number of rotatable bonds is 8. The van der Waals surface area contributed by atoms with Crippen LogP contribution in [0.5, 0.6) is 11.5 Å². The van der Waals surface area contributed by atoms with Gasteiger partial charge in [-0.05, 0) is 51.8 Å². The van der Waals surface area contributed by atoms with Gasteiger partial charge in [-0.25, -0.2) is 0 Å². The van der Waals surface area contributed by atoms with Crippen LogP contribution < -0.4 is 14.8 Å². The summed E-state index contributed by atoms with van der Waals surface area (Å²) in [5, 5.41) is 3.47. The van der Waals surface area contributed by atoms with Gasteiger partial charge in [0.15, 0.2) is 11.5 Å². The van der Waals surface area contributed by atoms with E-state index >= 15 is 0 Å². The van der Waals surface area contributed by atoms with Crippen molar-refractivity contribution in [1.29, 1.82) is 0 Å². The van der Waals surface area contributed by atoms with Crippen molar-refractivity contribution >= 4 is 0 Å². The Morgan fingerprint density at radius 3 is 2.55 bits per heavy atom. The Morgan fingerprint density at radius 2 is 1.95 bits per heavy atom. The molecule has 0 amide bonds. The Hall–Kier alpha value is -1.48. The fourth-order valence-corrected chi connectivity index (χ4v) is 1.67. The quantitative estimate of drug-likeness (QED) is 0.577. The summed E-state index contributed by atoms with van der Waals surface area (Å²) in [5.74, 6) is 1.61. The lowest BCUT2D eigenvalue weighted by molar-refractivity contribution is 0.280. The van der Waals surface area contributed by atoms with Gasteiger partial charge in [0.2, 0.25) is 0 Å². The van der Waals surface area contributed by atoms with Crippen molar-refractivity contribution in [3.05, 3.63) is 36.4 Å². The van der Waals surface area contributed by atoms with E-state index in [0.29, 0.717) is 13.2 Å². The molecular weight excluding hydrogens is 250 g/mol. The highest BCUT2D eigenvalue weighted by Crippen LogP contribution is 2.28. The SMILES string of the molecule is C=CCCOc1ccc(CNC(C)(C)C)cc1OCC. The van der Waals surface area contributed by atoms with Crippen LogP contribution in [-0.2, 0) is 6.54 Å². The van der Waals surface area contributed by atoms with Crippen molar-refractivity contribution in [3.8, 4) is 11.5 Å². The number of hydrogen-bond donors (Lipinski definition) is 1. The van der Waals surface area contributed by atoms with Gasteiger partial charge in [-0.15, -0.1) is 6.58 Å². The average molecular weight is 277 g/mol. The van der Waals surface area contributed by atoms with Crippen LogP contribution in [0, 0.1) is 0 Å². The third-order valence-electron chi connectivity index (χ3n) is 2.71. The van der Waals surface area contributed by atoms with Crippen LogP contribution in [0.3, 0.4) is 0 Å². The first-order valence-corrected chi connectivity index (χ1v) is 7.20. The fourth-order valence-electron chi connectivity index (χ4n) is 1.67. The van der Waals surface area contributed by atoms with Crippen molar-refractivity contribution in [2.24, 2.45) is 0 Å². The van der Waals surface area contributed by atoms with E-state index in [4.69, 9.17) is 9.47 Å². The highest BCUT2D eigenvalue weighted by molar-refractivity contribution is 5.43. The molecule has 0 aliphatic rings. The van der Waals surface area contributed by atoms with Crippen LogP contribution >= 0.6 is 0 Å². The van der Waals surface area contributed by atoms with E-state index in [0.717, 1.165) is 24.5 Å². The van der Waals surface area contributed by atoms with Gasteiger partial charge in [0.05, 0.1) is 13.2 Å². The summed E-state index contributed by atoms with van der Waals surface area (Å²) in [7, 11) is 0. The van der Waals surface area contributed by atoms with E-state index in [2.05, 4.69) is 38.7 Å². The smallest absolute Gasteiger partial charge is 0.161 e. The molecule has 0 spiro atoms. The van der Waals surface area contributed by atoms with Crippen molar-refractivity contribution in [1.82, 2.24) is 5.32 Å². The van der Waals surface area contributed by atoms with Crippen LogP contribution in [0.25, 0.3) is 0 Å². The van der Waals surface area contributed by atoms with Crippen LogP contribution in [0.4, 0.5) is 0 Å². The van der Waals surface area contributed by atoms with Crippen LogP contribution in [0.15, 0.2) is 30.9 Å². The molecule has 0 atom stereocenters. The van der Waals surface area contributed by atoms with Gasteiger partial charge in [0.25, 0.3) is 0 Å². The molecule has 1 N–H and O–H groups in total. The number of ether oxygens (including phenoxy) is 2. The molecule has 0 saturated carbocycles. The first-order chi connectivity index (χ1) is 9.46. The summed E-state index contributed by atoms with van der Waals surface area (Å²) in [4.78, 5) is 0. The minimum Gasteiger partial charge on any atom is -0.490 e. The van der Waals surface area contributed by atoms with E-state index in [9.17, 15) is 0 Å². The van der Waals surface area contributed by atoms with Gasteiger partial charge in [-0.2, -0.15) is 0 Å². The molecule has 3 heteroatoms. The fraction of sp³-hybridized carbons (Fsp3) is 0.529. The van der Waals surface area contributed by atoms with Gasteiger partial charge in [-0.3, -0.25) is 0 Å². The van der Waals surface area contributed by atoms with Crippen LogP contribution in [-0.4, -0.2) is 18.8 Å². The third-order valence-corrected chi connectivity index (χ3v) is 2.71. The second kappa shape index (κ2) is 7.95. The molecule has 0 bridgehead atoms. The zero-order chi connectivity index (χ0) is 15.0. The third kappa shape index (κ3) is 6.11. The second-order valence-corrected chi connectivity index (χ2v) is 5.74. The molecular formula is C17H27NO2. The standard InChI is InChI=1S/C17H27NO2/c1-6-8-11-20-15-10-9-14(12-16(15)19-7-2)13-18-17(3,4)5/h6,9-10,12,18H,1,7-8,11,13H2,2-5H3. The molecule has 3 nitrogen and oxygen atoms in total. The molecule has 112 valence electrons. The lowest BCUT2D eigenvalue weighted by Gasteiger charge is -2.21. The van der Waals surface area contributed by atoms with Crippen molar-refractivity contribution in [3.63, 3.8) is 0 Å². The molecule has 0 aliphatic heterocycles. The Morgan fingerprint density at radius 1 is 1.20 bits per heavy atom. The first-order valence-electron chi connectivity index (χ1n) is 7.20. The summed E-state index contributed by atoms with van der Waals surface area (Å²) >= 11 is 0. The normalized spacial score (nSPS) is 11.2. The Balaban J connectivity index is 2.74. The Bertz CT molecular complexity index is 421. The maximum atomic E-state index is 5.71. The van der Waals surface area contributed by atoms with Crippen molar-refractivity contribution in [2.75, 3.05) is 13.2 Å². The monoisotopic (exact) mass is 277 g/mol. The molecule has 0 saturated heterocycles. The molecule has 0 heterocycles. The predicted octanol–water partition coefficient (Wildman–Crippen LogP) is 3.93. The Labute approximate surface area is 123 Å². The predicted molar refractivity (Wildman–Crippen MR) is 84.5 cm³/mol. The second-order valence-electron chi connectivity index (χ2n) is 5.74. The molecule has 20 heavy (non-hydrogen) atoms. The van der Waals surface area contributed by atoms with E-state index in [-0.39, 0.29) is 5.54 Å². The maximum absolute atomic E-state index is 5.71. The molecule has 0 aromatic heterocycles. The lowest BCUT2D eigenvalue weighted by atomic mass is 10.1. The van der Waals surface area contributed by atoms with Gasteiger partial charge >= 0.3 is 0 Å². The minimum atomic E-state index is 0.102. The van der Waals surface area contributed by atoms with Crippen molar-refractivity contribution < 1.29 is 9.47 Å². The lowest BCUT2D eigenvalue weighted by Crippen LogP contribution is -2.35. The molecule has 1 rings (SSSR count). The van der Waals surface area contributed by atoms with Crippen LogP contribution in [0.1, 0.15) is 39.7 Å². The zero-order valence-electron chi connectivity index (χ0n) is 13.2. The van der Waals surface area contributed by atoms with Gasteiger partial charge in [0, 0.05) is 12.1 Å². The van der Waals surface area contributed by atoms with E-state index in [1.807, 2.05) is 25.1 Å². The zero-order valence-corrected chi connectivity index (χ0v) is 13.2. The highest BCUT2D eigenvalue weighted by Gasteiger charge is 2.10. The summed E-state index contributed by atoms with van der Waals surface area (Å²) in [6.45, 7) is 14.2. The molecule has 1 aromatic carbocycles. The summed E-state index contributed by atoms with van der Waals surface area (Å²) < 4.78 is 11.4. The van der Waals surface area contributed by atoms with Gasteiger partial charge < -0.3 is 14.8 Å². The highest BCUT2D eigenvalue weighted by atomic mass is 16.5. The molecule has 0 unspecified atom stereocenters. The topological polar surface area (TPSA) is 30.5 Å². The summed E-state index contributed by atoms with van der Waals surface area (Å²) in [5.41, 5.74) is 1.30. The average Bonchev–Trinajstić information content (AvgIpc) is 2.38. The first kappa shape index (κ1) is 16.6. The van der Waals surface area contributed by atoms with Crippen molar-refractivity contribution in [2.45, 2.75) is 46.2 Å². The molecule has 0 radical (unpaired) electrons. The van der Waals surface area contributed by atoms with E-state index < -0.39 is 0 Å². The largest absolute Gasteiger partial charge is 0.490 e.